The number of sulfonamides is 1. The van der Waals surface area contributed by atoms with Crippen LogP contribution in [0.5, 0.6) is 5.75 Å². The summed E-state index contributed by atoms with van der Waals surface area (Å²) in [6.07, 6.45) is 5.20. The third-order valence-corrected chi connectivity index (χ3v) is 15.5. The van der Waals surface area contributed by atoms with Gasteiger partial charge < -0.3 is 28.4 Å². The Balaban J connectivity index is 1.16. The van der Waals surface area contributed by atoms with Gasteiger partial charge in [0.1, 0.15) is 23.6 Å². The second kappa shape index (κ2) is 21.3. The fourth-order valence-corrected chi connectivity index (χ4v) is 12.0. The zero-order valence-electron chi connectivity index (χ0n) is 39.9. The fraction of sp³-hybridized carbons (Fsp3) is 0.569. The predicted octanol–water partition coefficient (Wildman–Crippen LogP) is 8.79. The molecule has 2 aliphatic heterocycles. The Morgan fingerprint density at radius 2 is 1.71 bits per heavy atom. The monoisotopic (exact) mass is 949 g/mol. The van der Waals surface area contributed by atoms with Crippen LogP contribution in [0.1, 0.15) is 119 Å². The highest BCUT2D eigenvalue weighted by molar-refractivity contribution is 7.89. The minimum atomic E-state index is -4.07. The van der Waals surface area contributed by atoms with E-state index in [1.807, 2.05) is 65.0 Å². The summed E-state index contributed by atoms with van der Waals surface area (Å²) >= 11 is 1.54. The molecule has 360 valence electrons. The number of allylic oxidation sites excluding steroid dienone is 1. The van der Waals surface area contributed by atoms with Crippen molar-refractivity contribution in [2.45, 2.75) is 135 Å². The molecule has 2 fully saturated rings. The number of carbonyl (C=O) groups excluding carboxylic acids is 4. The number of hydrogen-bond donors (Lipinski definition) is 0. The lowest BCUT2D eigenvalue weighted by Gasteiger charge is -2.32. The van der Waals surface area contributed by atoms with E-state index in [0.29, 0.717) is 35.6 Å². The minimum Gasteiger partial charge on any atom is -0.497 e. The molecule has 0 spiro atoms. The van der Waals surface area contributed by atoms with Gasteiger partial charge in [-0.3, -0.25) is 14.4 Å². The second-order valence-corrected chi connectivity index (χ2v) is 23.0. The van der Waals surface area contributed by atoms with E-state index in [1.165, 1.54) is 36.5 Å². The zero-order valence-corrected chi connectivity index (χ0v) is 41.5. The van der Waals surface area contributed by atoms with Gasteiger partial charge in [0.15, 0.2) is 11.6 Å². The summed E-state index contributed by atoms with van der Waals surface area (Å²) in [7, 11) is -2.57. The van der Waals surface area contributed by atoms with Gasteiger partial charge in [-0.15, -0.1) is 11.3 Å². The van der Waals surface area contributed by atoms with Crippen LogP contribution in [0.15, 0.2) is 65.6 Å². The molecule has 0 bridgehead atoms. The molecule has 5 atom stereocenters. The minimum absolute atomic E-state index is 0.0434. The molecule has 6 rings (SSSR count). The molecule has 3 aromatic rings. The van der Waals surface area contributed by atoms with Gasteiger partial charge in [0.2, 0.25) is 10.0 Å². The second-order valence-electron chi connectivity index (χ2n) is 20.0. The Hall–Kier alpha value is -4.41. The van der Waals surface area contributed by atoms with E-state index in [4.69, 9.17) is 28.4 Å². The first-order valence-corrected chi connectivity index (χ1v) is 25.3. The van der Waals surface area contributed by atoms with Crippen LogP contribution in [0.3, 0.4) is 0 Å². The smallest absolute Gasteiger partial charge is 0.340 e. The van der Waals surface area contributed by atoms with Crippen molar-refractivity contribution in [2.75, 3.05) is 33.4 Å². The average Bonchev–Trinajstić information content (AvgIpc) is 3.92. The first-order valence-electron chi connectivity index (χ1n) is 23.0. The first kappa shape index (κ1) is 51.0. The third-order valence-electron chi connectivity index (χ3n) is 12.4. The number of ketones is 1. The molecule has 3 aliphatic rings. The number of aryl methyl sites for hydroxylation is 1. The molecule has 0 N–H and O–H groups in total. The number of thiophene rings is 1. The lowest BCUT2D eigenvalue weighted by molar-refractivity contribution is -0.200. The van der Waals surface area contributed by atoms with Crippen LogP contribution in [0.25, 0.3) is 6.08 Å². The van der Waals surface area contributed by atoms with Gasteiger partial charge in [-0.2, -0.15) is 4.31 Å². The Kier molecular flexibility index (Phi) is 16.4. The molecule has 15 heteroatoms. The van der Waals surface area contributed by atoms with Crippen molar-refractivity contribution in [3.63, 3.8) is 0 Å². The predicted molar refractivity (Wildman–Crippen MR) is 252 cm³/mol. The molecular weight excluding hydrogens is 883 g/mol. The zero-order chi connectivity index (χ0) is 48.0. The van der Waals surface area contributed by atoms with Crippen molar-refractivity contribution in [1.29, 1.82) is 0 Å². The SMILES string of the molecule is COc1ccc(S(=O)(=O)N(CC(C)C)C[C@@H](OC(C)=O)[C@@H](CC(=O)O[C@H]2CO[C@@]3(CCC(=O)/C=C/c4sc5c(c4C(=O)OC(C)(C)C)CC(C)(C)CC5)OCC[C@@H]23)Cc2ccccc2)cc1. The van der Waals surface area contributed by atoms with Crippen LogP contribution in [-0.4, -0.2) is 93.4 Å². The maximum absolute atomic E-state index is 14.2. The maximum Gasteiger partial charge on any atom is 0.340 e. The summed E-state index contributed by atoms with van der Waals surface area (Å²) in [5.41, 5.74) is 1.79. The van der Waals surface area contributed by atoms with Gasteiger partial charge >= 0.3 is 17.9 Å². The number of methoxy groups -OCH3 is 1. The van der Waals surface area contributed by atoms with Gasteiger partial charge in [0.25, 0.3) is 0 Å². The number of hydrogen-bond acceptors (Lipinski definition) is 13. The molecule has 1 aromatic heterocycles. The summed E-state index contributed by atoms with van der Waals surface area (Å²) in [6, 6.07) is 15.5. The number of nitrogens with zero attached hydrogens (tertiary/aromatic N) is 1. The lowest BCUT2D eigenvalue weighted by atomic mass is 9.76. The Morgan fingerprint density at radius 1 is 1.00 bits per heavy atom. The number of rotatable bonds is 20. The van der Waals surface area contributed by atoms with Crippen molar-refractivity contribution >= 4 is 51.1 Å². The van der Waals surface area contributed by atoms with Crippen LogP contribution in [0.4, 0.5) is 0 Å². The number of ether oxygens (including phenoxy) is 6. The van der Waals surface area contributed by atoms with E-state index in [9.17, 15) is 27.6 Å². The van der Waals surface area contributed by atoms with Crippen molar-refractivity contribution in [2.24, 2.45) is 23.2 Å². The molecular formula is C51H67NO12S2. The van der Waals surface area contributed by atoms with Crippen molar-refractivity contribution in [3.8, 4) is 5.75 Å². The van der Waals surface area contributed by atoms with Gasteiger partial charge in [0, 0.05) is 42.0 Å². The molecule has 13 nitrogen and oxygen atoms in total. The standard InChI is InChI=1S/C51H67NO12S2/c1-33(2)30-52(66(57,58)39-18-16-38(59-9)17-19-39)31-42(62-34(3)53)36(27-35-13-11-10-12-14-35)28-46(55)63-43-32-61-51(41(43)23-26-60-51)25-21-37(54)15-20-45-47(48(56)64-49(4,5)6)40-29-50(7,8)24-22-44(40)65-45/h10-20,33,36,41-43H,21-32H2,1-9H3/b20-15+/t36-,41+,42-,43+,51-/m1/s1. The highest BCUT2D eigenvalue weighted by Gasteiger charge is 2.56. The molecule has 0 saturated carbocycles. The Labute approximate surface area is 394 Å². The average molecular weight is 950 g/mol. The van der Waals surface area contributed by atoms with Crippen molar-refractivity contribution in [1.82, 2.24) is 4.31 Å². The van der Waals surface area contributed by atoms with Crippen LogP contribution >= 0.6 is 11.3 Å². The molecule has 2 aromatic carbocycles. The quantitative estimate of drug-likeness (QED) is 0.0603. The van der Waals surface area contributed by atoms with Crippen LogP contribution < -0.4 is 4.74 Å². The summed E-state index contributed by atoms with van der Waals surface area (Å²) in [5, 5.41) is 0. The van der Waals surface area contributed by atoms with E-state index in [0.717, 1.165) is 35.3 Å². The molecule has 0 radical (unpaired) electrons. The van der Waals surface area contributed by atoms with E-state index in [-0.39, 0.29) is 72.9 Å². The molecule has 3 heterocycles. The Bertz CT molecular complexity index is 2330. The number of fused-ring (bicyclic) bond motifs is 2. The normalized spacial score (nSPS) is 21.3. The largest absolute Gasteiger partial charge is 0.497 e. The molecule has 2 saturated heterocycles. The van der Waals surface area contributed by atoms with Gasteiger partial charge in [0.05, 0.1) is 49.7 Å². The summed E-state index contributed by atoms with van der Waals surface area (Å²) in [4.78, 5) is 55.8. The fourth-order valence-electron chi connectivity index (χ4n) is 9.20. The van der Waals surface area contributed by atoms with E-state index >= 15 is 0 Å². The highest BCUT2D eigenvalue weighted by Crippen LogP contribution is 2.46. The molecule has 0 unspecified atom stereocenters. The molecule has 0 amide bonds. The molecule has 66 heavy (non-hydrogen) atoms. The van der Waals surface area contributed by atoms with Crippen molar-refractivity contribution in [3.05, 3.63) is 87.1 Å². The summed E-state index contributed by atoms with van der Waals surface area (Å²) in [5.74, 6) is -3.41. The number of benzene rings is 2. The van der Waals surface area contributed by atoms with Gasteiger partial charge in [-0.05, 0) is 112 Å². The third kappa shape index (κ3) is 13.0. The Morgan fingerprint density at radius 3 is 2.36 bits per heavy atom. The summed E-state index contributed by atoms with van der Waals surface area (Å²) in [6.45, 7) is 15.4. The topological polar surface area (TPSA) is 161 Å². The highest BCUT2D eigenvalue weighted by atomic mass is 32.2. The van der Waals surface area contributed by atoms with Crippen molar-refractivity contribution < 1.29 is 56.0 Å². The van der Waals surface area contributed by atoms with Gasteiger partial charge in [-0.25, -0.2) is 13.2 Å². The lowest BCUT2D eigenvalue weighted by Crippen LogP contribution is -2.45. The van der Waals surface area contributed by atoms with E-state index in [2.05, 4.69) is 13.8 Å². The summed E-state index contributed by atoms with van der Waals surface area (Å²) < 4.78 is 65.3. The van der Waals surface area contributed by atoms with E-state index in [1.54, 1.807) is 29.5 Å². The maximum atomic E-state index is 14.2. The van der Waals surface area contributed by atoms with Crippen LogP contribution in [0, 0.1) is 23.2 Å². The van der Waals surface area contributed by atoms with Crippen LogP contribution in [0.2, 0.25) is 0 Å². The number of esters is 3. The molecule has 1 aliphatic carbocycles. The number of carbonyl (C=O) groups is 4. The van der Waals surface area contributed by atoms with E-state index < -0.39 is 51.5 Å². The van der Waals surface area contributed by atoms with Gasteiger partial charge in [-0.1, -0.05) is 58.0 Å². The first-order chi connectivity index (χ1) is 31.1. The van der Waals surface area contributed by atoms with Crippen LogP contribution in [-0.2, 0) is 67.4 Å².